The van der Waals surface area contributed by atoms with E-state index in [2.05, 4.69) is 22.2 Å². The van der Waals surface area contributed by atoms with Crippen molar-refractivity contribution >= 4 is 0 Å². The fourth-order valence-electron chi connectivity index (χ4n) is 3.23. The van der Waals surface area contributed by atoms with Crippen LogP contribution in [0.5, 0.6) is 0 Å². The quantitative estimate of drug-likeness (QED) is 0.826. The van der Waals surface area contributed by atoms with Crippen molar-refractivity contribution in [2.24, 2.45) is 0 Å². The van der Waals surface area contributed by atoms with Crippen molar-refractivity contribution in [1.82, 2.24) is 15.1 Å². The van der Waals surface area contributed by atoms with Crippen molar-refractivity contribution in [3.8, 4) is 0 Å². The Morgan fingerprint density at radius 1 is 0.889 bits per heavy atom. The zero-order valence-corrected chi connectivity index (χ0v) is 12.2. The number of rotatable bonds is 4. The minimum atomic E-state index is 0.766. The first kappa shape index (κ1) is 14.3. The van der Waals surface area contributed by atoms with E-state index in [4.69, 9.17) is 0 Å². The molecule has 1 unspecified atom stereocenters. The molecular formula is C15H31N3. The van der Waals surface area contributed by atoms with Gasteiger partial charge in [0.05, 0.1) is 0 Å². The SMILES string of the molecule is CN1CCCC(NCCN2CCCCCC2)CC1. The molecule has 0 aromatic carbocycles. The van der Waals surface area contributed by atoms with E-state index >= 15 is 0 Å². The Kier molecular flexibility index (Phi) is 6.46. The van der Waals surface area contributed by atoms with Gasteiger partial charge in [-0.2, -0.15) is 0 Å². The lowest BCUT2D eigenvalue weighted by atomic mass is 10.1. The molecular weight excluding hydrogens is 222 g/mol. The molecule has 1 atom stereocenters. The Hall–Kier alpha value is -0.120. The molecule has 18 heavy (non-hydrogen) atoms. The third-order valence-corrected chi connectivity index (χ3v) is 4.51. The molecule has 106 valence electrons. The summed E-state index contributed by atoms with van der Waals surface area (Å²) in [5.74, 6) is 0. The Bertz CT molecular complexity index is 212. The van der Waals surface area contributed by atoms with Gasteiger partial charge >= 0.3 is 0 Å². The van der Waals surface area contributed by atoms with Gasteiger partial charge in [0.25, 0.3) is 0 Å². The Balaban J connectivity index is 1.59. The predicted octanol–water partition coefficient (Wildman–Crippen LogP) is 1.94. The van der Waals surface area contributed by atoms with Crippen LogP contribution in [0.3, 0.4) is 0 Å². The van der Waals surface area contributed by atoms with Gasteiger partial charge in [0.2, 0.25) is 0 Å². The monoisotopic (exact) mass is 253 g/mol. The van der Waals surface area contributed by atoms with Crippen LogP contribution in [0.2, 0.25) is 0 Å². The predicted molar refractivity (Wildman–Crippen MR) is 78.0 cm³/mol. The minimum absolute atomic E-state index is 0.766. The van der Waals surface area contributed by atoms with E-state index in [-0.39, 0.29) is 0 Å². The molecule has 2 saturated heterocycles. The molecule has 2 aliphatic rings. The van der Waals surface area contributed by atoms with Gasteiger partial charge in [-0.1, -0.05) is 12.8 Å². The maximum atomic E-state index is 3.78. The summed E-state index contributed by atoms with van der Waals surface area (Å²) < 4.78 is 0. The highest BCUT2D eigenvalue weighted by Gasteiger charge is 2.14. The minimum Gasteiger partial charge on any atom is -0.313 e. The molecule has 0 aliphatic carbocycles. The van der Waals surface area contributed by atoms with Crippen LogP contribution in [-0.4, -0.2) is 62.2 Å². The van der Waals surface area contributed by atoms with Gasteiger partial charge in [0, 0.05) is 19.1 Å². The maximum Gasteiger partial charge on any atom is 0.0107 e. The number of nitrogens with one attached hydrogen (secondary N) is 1. The number of hydrogen-bond donors (Lipinski definition) is 1. The number of likely N-dealkylation sites (tertiary alicyclic amines) is 2. The second-order valence-electron chi connectivity index (χ2n) is 6.14. The second-order valence-corrected chi connectivity index (χ2v) is 6.14. The highest BCUT2D eigenvalue weighted by molar-refractivity contribution is 4.74. The van der Waals surface area contributed by atoms with Crippen LogP contribution >= 0.6 is 0 Å². The summed E-state index contributed by atoms with van der Waals surface area (Å²) in [4.78, 5) is 5.12. The van der Waals surface area contributed by atoms with Gasteiger partial charge in [-0.25, -0.2) is 0 Å². The number of nitrogens with zero attached hydrogens (tertiary/aromatic N) is 2. The largest absolute Gasteiger partial charge is 0.313 e. The molecule has 0 aromatic heterocycles. The zero-order valence-electron chi connectivity index (χ0n) is 12.2. The first-order valence-electron chi connectivity index (χ1n) is 7.99. The lowest BCUT2D eigenvalue weighted by molar-refractivity contribution is 0.276. The molecule has 3 heteroatoms. The average molecular weight is 253 g/mol. The summed E-state index contributed by atoms with van der Waals surface area (Å²) in [7, 11) is 2.25. The van der Waals surface area contributed by atoms with E-state index in [9.17, 15) is 0 Å². The van der Waals surface area contributed by atoms with E-state index in [0.717, 1.165) is 6.04 Å². The van der Waals surface area contributed by atoms with Crippen molar-refractivity contribution in [1.29, 1.82) is 0 Å². The maximum absolute atomic E-state index is 3.78. The fraction of sp³-hybridized carbons (Fsp3) is 1.00. The lowest BCUT2D eigenvalue weighted by Crippen LogP contribution is -2.38. The van der Waals surface area contributed by atoms with Crippen molar-refractivity contribution in [3.63, 3.8) is 0 Å². The van der Waals surface area contributed by atoms with Gasteiger partial charge < -0.3 is 15.1 Å². The van der Waals surface area contributed by atoms with Gasteiger partial charge in [-0.3, -0.25) is 0 Å². The van der Waals surface area contributed by atoms with Crippen LogP contribution in [0, 0.1) is 0 Å². The molecule has 2 aliphatic heterocycles. The number of hydrogen-bond acceptors (Lipinski definition) is 3. The molecule has 0 spiro atoms. The molecule has 0 amide bonds. The molecule has 2 fully saturated rings. The average Bonchev–Trinajstić information content (AvgIpc) is 2.73. The summed E-state index contributed by atoms with van der Waals surface area (Å²) in [6.45, 7) is 7.65. The fourth-order valence-corrected chi connectivity index (χ4v) is 3.23. The molecule has 3 nitrogen and oxygen atoms in total. The van der Waals surface area contributed by atoms with Crippen LogP contribution in [0.1, 0.15) is 44.9 Å². The van der Waals surface area contributed by atoms with Gasteiger partial charge in [0.1, 0.15) is 0 Å². The van der Waals surface area contributed by atoms with Crippen molar-refractivity contribution < 1.29 is 0 Å². The van der Waals surface area contributed by atoms with E-state index in [0.29, 0.717) is 0 Å². The summed E-state index contributed by atoms with van der Waals surface area (Å²) in [5, 5.41) is 3.78. The molecule has 0 aromatic rings. The standard InChI is InChI=1S/C15H31N3/c1-17-10-6-7-15(8-13-17)16-9-14-18-11-4-2-3-5-12-18/h15-16H,2-14H2,1H3. The summed E-state index contributed by atoms with van der Waals surface area (Å²) >= 11 is 0. The highest BCUT2D eigenvalue weighted by Crippen LogP contribution is 2.10. The van der Waals surface area contributed by atoms with Gasteiger partial charge in [0.15, 0.2) is 0 Å². The summed E-state index contributed by atoms with van der Waals surface area (Å²) in [6, 6.07) is 0.766. The molecule has 0 saturated carbocycles. The smallest absolute Gasteiger partial charge is 0.0107 e. The van der Waals surface area contributed by atoms with Crippen LogP contribution in [0.4, 0.5) is 0 Å². The molecule has 2 heterocycles. The highest BCUT2D eigenvalue weighted by atomic mass is 15.1. The third kappa shape index (κ3) is 5.25. The molecule has 0 bridgehead atoms. The summed E-state index contributed by atoms with van der Waals surface area (Å²) in [6.07, 6.45) is 9.76. The third-order valence-electron chi connectivity index (χ3n) is 4.51. The molecule has 2 rings (SSSR count). The Morgan fingerprint density at radius 2 is 1.67 bits per heavy atom. The van der Waals surface area contributed by atoms with E-state index in [1.807, 2.05) is 0 Å². The topological polar surface area (TPSA) is 18.5 Å². The van der Waals surface area contributed by atoms with Crippen LogP contribution < -0.4 is 5.32 Å². The van der Waals surface area contributed by atoms with Crippen molar-refractivity contribution in [3.05, 3.63) is 0 Å². The lowest BCUT2D eigenvalue weighted by Gasteiger charge is -2.22. The zero-order chi connectivity index (χ0) is 12.6. The van der Waals surface area contributed by atoms with E-state index in [1.54, 1.807) is 0 Å². The van der Waals surface area contributed by atoms with Crippen LogP contribution in [0.25, 0.3) is 0 Å². The first-order valence-corrected chi connectivity index (χ1v) is 7.99. The summed E-state index contributed by atoms with van der Waals surface area (Å²) in [5.41, 5.74) is 0. The van der Waals surface area contributed by atoms with E-state index in [1.165, 1.54) is 84.2 Å². The molecule has 0 radical (unpaired) electrons. The Labute approximate surface area is 113 Å². The van der Waals surface area contributed by atoms with Crippen molar-refractivity contribution in [2.45, 2.75) is 51.0 Å². The second kappa shape index (κ2) is 8.13. The van der Waals surface area contributed by atoms with Crippen LogP contribution in [0.15, 0.2) is 0 Å². The van der Waals surface area contributed by atoms with Gasteiger partial charge in [-0.15, -0.1) is 0 Å². The first-order chi connectivity index (χ1) is 8.84. The van der Waals surface area contributed by atoms with Gasteiger partial charge in [-0.05, 0) is 65.3 Å². The normalized spacial score (nSPS) is 28.8. The Morgan fingerprint density at radius 3 is 2.44 bits per heavy atom. The van der Waals surface area contributed by atoms with E-state index < -0.39 is 0 Å². The van der Waals surface area contributed by atoms with Crippen molar-refractivity contribution in [2.75, 3.05) is 46.3 Å². The molecule has 1 N–H and O–H groups in total. The van der Waals surface area contributed by atoms with Crippen LogP contribution in [-0.2, 0) is 0 Å².